The standard InChI is InChI=1S/C16H24N2O2/c1-17(2)16(19)20-15-8-6-7-14(13-15)9-12-18-10-4-3-5-11-18/h6-8,13H,3-5,9-12H2,1-2H3. The highest BCUT2D eigenvalue weighted by Gasteiger charge is 2.10. The van der Waals surface area contributed by atoms with Gasteiger partial charge >= 0.3 is 6.09 Å². The van der Waals surface area contributed by atoms with Crippen molar-refractivity contribution in [2.75, 3.05) is 33.7 Å². The number of hydrogen-bond acceptors (Lipinski definition) is 3. The summed E-state index contributed by atoms with van der Waals surface area (Å²) in [6, 6.07) is 7.83. The van der Waals surface area contributed by atoms with Crippen molar-refractivity contribution < 1.29 is 9.53 Å². The van der Waals surface area contributed by atoms with Crippen LogP contribution in [0.5, 0.6) is 5.75 Å². The molecule has 1 amide bonds. The van der Waals surface area contributed by atoms with Gasteiger partial charge in [0, 0.05) is 20.6 Å². The van der Waals surface area contributed by atoms with Crippen LogP contribution in [-0.4, -0.2) is 49.6 Å². The lowest BCUT2D eigenvalue weighted by Gasteiger charge is -2.26. The number of benzene rings is 1. The van der Waals surface area contributed by atoms with Gasteiger partial charge in [0.25, 0.3) is 0 Å². The summed E-state index contributed by atoms with van der Waals surface area (Å²) in [5, 5.41) is 0. The van der Waals surface area contributed by atoms with Crippen molar-refractivity contribution in [1.82, 2.24) is 9.80 Å². The number of piperidine rings is 1. The van der Waals surface area contributed by atoms with Gasteiger partial charge in [0.1, 0.15) is 5.75 Å². The lowest BCUT2D eigenvalue weighted by Crippen LogP contribution is -2.31. The van der Waals surface area contributed by atoms with E-state index >= 15 is 0 Å². The van der Waals surface area contributed by atoms with E-state index in [2.05, 4.69) is 11.0 Å². The molecule has 110 valence electrons. The van der Waals surface area contributed by atoms with Crippen LogP contribution in [0.15, 0.2) is 24.3 Å². The smallest absolute Gasteiger partial charge is 0.410 e. The Bertz CT molecular complexity index is 440. The third-order valence-corrected chi connectivity index (χ3v) is 3.63. The van der Waals surface area contributed by atoms with Gasteiger partial charge in [0.15, 0.2) is 0 Å². The maximum absolute atomic E-state index is 11.5. The molecular weight excluding hydrogens is 252 g/mol. The molecular formula is C16H24N2O2. The highest BCUT2D eigenvalue weighted by molar-refractivity contribution is 5.69. The average Bonchev–Trinajstić information content (AvgIpc) is 2.46. The minimum Gasteiger partial charge on any atom is -0.410 e. The molecule has 0 aliphatic carbocycles. The van der Waals surface area contributed by atoms with Crippen molar-refractivity contribution >= 4 is 6.09 Å². The van der Waals surface area contributed by atoms with Crippen molar-refractivity contribution in [3.05, 3.63) is 29.8 Å². The van der Waals surface area contributed by atoms with Gasteiger partial charge in [0.2, 0.25) is 0 Å². The number of nitrogens with zero attached hydrogens (tertiary/aromatic N) is 2. The van der Waals surface area contributed by atoms with Crippen LogP contribution in [0.2, 0.25) is 0 Å². The zero-order valence-electron chi connectivity index (χ0n) is 12.5. The van der Waals surface area contributed by atoms with Crippen molar-refractivity contribution in [3.8, 4) is 5.75 Å². The second kappa shape index (κ2) is 7.29. The number of carbonyl (C=O) groups is 1. The van der Waals surface area contributed by atoms with Crippen LogP contribution < -0.4 is 4.74 Å². The lowest BCUT2D eigenvalue weighted by atomic mass is 10.1. The molecule has 0 saturated carbocycles. The number of likely N-dealkylation sites (tertiary alicyclic amines) is 1. The molecule has 20 heavy (non-hydrogen) atoms. The molecule has 1 aromatic rings. The number of carbonyl (C=O) groups excluding carboxylic acids is 1. The maximum atomic E-state index is 11.5. The van der Waals surface area contributed by atoms with E-state index in [1.54, 1.807) is 14.1 Å². The summed E-state index contributed by atoms with van der Waals surface area (Å²) in [5.74, 6) is 0.625. The van der Waals surface area contributed by atoms with E-state index in [4.69, 9.17) is 4.74 Å². The molecule has 1 saturated heterocycles. The van der Waals surface area contributed by atoms with Crippen molar-refractivity contribution in [1.29, 1.82) is 0 Å². The largest absolute Gasteiger partial charge is 0.414 e. The first-order valence-electron chi connectivity index (χ1n) is 7.35. The van der Waals surface area contributed by atoms with Gasteiger partial charge < -0.3 is 14.5 Å². The molecule has 0 bridgehead atoms. The minimum atomic E-state index is -0.335. The summed E-state index contributed by atoms with van der Waals surface area (Å²) in [6.45, 7) is 3.52. The van der Waals surface area contributed by atoms with E-state index in [0.717, 1.165) is 13.0 Å². The van der Waals surface area contributed by atoms with Gasteiger partial charge in [0.05, 0.1) is 0 Å². The predicted molar refractivity (Wildman–Crippen MR) is 80.1 cm³/mol. The molecule has 0 N–H and O–H groups in total. The second-order valence-electron chi connectivity index (χ2n) is 5.56. The highest BCUT2D eigenvalue weighted by atomic mass is 16.6. The Hall–Kier alpha value is -1.55. The van der Waals surface area contributed by atoms with Crippen LogP contribution in [0.25, 0.3) is 0 Å². The Morgan fingerprint density at radius 2 is 2.00 bits per heavy atom. The van der Waals surface area contributed by atoms with Crippen molar-refractivity contribution in [2.24, 2.45) is 0 Å². The highest BCUT2D eigenvalue weighted by Crippen LogP contribution is 2.16. The molecule has 1 aliphatic heterocycles. The Morgan fingerprint density at radius 3 is 2.70 bits per heavy atom. The molecule has 1 aliphatic rings. The summed E-state index contributed by atoms with van der Waals surface area (Å²) >= 11 is 0. The molecule has 0 aromatic heterocycles. The van der Waals surface area contributed by atoms with E-state index in [-0.39, 0.29) is 6.09 Å². The number of amides is 1. The number of hydrogen-bond donors (Lipinski definition) is 0. The van der Waals surface area contributed by atoms with Crippen LogP contribution in [0.3, 0.4) is 0 Å². The van der Waals surface area contributed by atoms with E-state index in [1.807, 2.05) is 18.2 Å². The fourth-order valence-corrected chi connectivity index (χ4v) is 2.43. The number of rotatable bonds is 4. The van der Waals surface area contributed by atoms with E-state index in [9.17, 15) is 4.79 Å². The third kappa shape index (κ3) is 4.53. The van der Waals surface area contributed by atoms with Gasteiger partial charge in [-0.15, -0.1) is 0 Å². The van der Waals surface area contributed by atoms with Crippen LogP contribution in [0.4, 0.5) is 4.79 Å². The van der Waals surface area contributed by atoms with Gasteiger partial charge in [-0.05, 0) is 50.0 Å². The molecule has 4 nitrogen and oxygen atoms in total. The minimum absolute atomic E-state index is 0.335. The average molecular weight is 276 g/mol. The van der Waals surface area contributed by atoms with E-state index < -0.39 is 0 Å². The van der Waals surface area contributed by atoms with Gasteiger partial charge in [-0.25, -0.2) is 4.79 Å². The normalized spacial score (nSPS) is 15.9. The van der Waals surface area contributed by atoms with Gasteiger partial charge in [-0.2, -0.15) is 0 Å². The van der Waals surface area contributed by atoms with Gasteiger partial charge in [-0.3, -0.25) is 0 Å². The molecule has 4 heteroatoms. The topological polar surface area (TPSA) is 32.8 Å². The molecule has 0 atom stereocenters. The van der Waals surface area contributed by atoms with Crippen LogP contribution in [-0.2, 0) is 6.42 Å². The molecule has 0 spiro atoms. The van der Waals surface area contributed by atoms with Crippen LogP contribution >= 0.6 is 0 Å². The zero-order valence-corrected chi connectivity index (χ0v) is 12.5. The predicted octanol–water partition coefficient (Wildman–Crippen LogP) is 2.78. The van der Waals surface area contributed by atoms with Crippen LogP contribution in [0.1, 0.15) is 24.8 Å². The Labute approximate surface area is 121 Å². The fraction of sp³-hybridized carbons (Fsp3) is 0.562. The second-order valence-corrected chi connectivity index (χ2v) is 5.56. The molecule has 2 rings (SSSR count). The quantitative estimate of drug-likeness (QED) is 0.847. The first kappa shape index (κ1) is 14.9. The summed E-state index contributed by atoms with van der Waals surface area (Å²) in [4.78, 5) is 15.5. The lowest BCUT2D eigenvalue weighted by molar-refractivity contribution is 0.172. The SMILES string of the molecule is CN(C)C(=O)Oc1cccc(CCN2CCCCC2)c1. The first-order valence-corrected chi connectivity index (χ1v) is 7.35. The monoisotopic (exact) mass is 276 g/mol. The Balaban J connectivity index is 1.87. The van der Waals surface area contributed by atoms with Crippen molar-refractivity contribution in [3.63, 3.8) is 0 Å². The van der Waals surface area contributed by atoms with E-state index in [1.165, 1.54) is 42.8 Å². The zero-order chi connectivity index (χ0) is 14.4. The molecule has 1 heterocycles. The van der Waals surface area contributed by atoms with Crippen LogP contribution in [0, 0.1) is 0 Å². The summed E-state index contributed by atoms with van der Waals surface area (Å²) in [6.07, 6.45) is 4.68. The van der Waals surface area contributed by atoms with Crippen molar-refractivity contribution in [2.45, 2.75) is 25.7 Å². The Kier molecular flexibility index (Phi) is 5.41. The Morgan fingerprint density at radius 1 is 1.25 bits per heavy atom. The third-order valence-electron chi connectivity index (χ3n) is 3.63. The molecule has 0 radical (unpaired) electrons. The van der Waals surface area contributed by atoms with Gasteiger partial charge in [-0.1, -0.05) is 18.6 Å². The maximum Gasteiger partial charge on any atom is 0.414 e. The molecule has 1 fully saturated rings. The summed E-state index contributed by atoms with van der Waals surface area (Å²) in [5.41, 5.74) is 1.22. The first-order chi connectivity index (χ1) is 9.65. The fourth-order valence-electron chi connectivity index (χ4n) is 2.43. The molecule has 0 unspecified atom stereocenters. The number of ether oxygens (including phenoxy) is 1. The summed E-state index contributed by atoms with van der Waals surface area (Å²) < 4.78 is 5.28. The summed E-state index contributed by atoms with van der Waals surface area (Å²) in [7, 11) is 3.37. The molecule has 1 aromatic carbocycles. The van der Waals surface area contributed by atoms with E-state index in [0.29, 0.717) is 5.75 Å².